The van der Waals surface area contributed by atoms with Gasteiger partial charge in [-0.15, -0.1) is 0 Å². The zero-order valence-corrected chi connectivity index (χ0v) is 15.5. The fourth-order valence-corrected chi connectivity index (χ4v) is 2.63. The summed E-state index contributed by atoms with van der Waals surface area (Å²) < 4.78 is 7.68. The molecule has 0 saturated heterocycles. The molecule has 0 bridgehead atoms. The van der Waals surface area contributed by atoms with Crippen molar-refractivity contribution in [2.45, 2.75) is 6.92 Å². The van der Waals surface area contributed by atoms with Crippen LogP contribution >= 0.6 is 15.9 Å². The summed E-state index contributed by atoms with van der Waals surface area (Å²) in [5.74, 6) is 1.17. The van der Waals surface area contributed by atoms with Crippen LogP contribution < -0.4 is 9.64 Å². The molecule has 2 aromatic heterocycles. The number of methoxy groups -OCH3 is 1. The summed E-state index contributed by atoms with van der Waals surface area (Å²) in [5, 5.41) is 4.40. The molecule has 0 aliphatic carbocycles. The number of benzene rings is 1. The number of pyridine rings is 1. The lowest BCUT2D eigenvalue weighted by Gasteiger charge is -2.18. The van der Waals surface area contributed by atoms with E-state index in [2.05, 4.69) is 26.0 Å². The molecular formula is C18H17BrN4O2. The summed E-state index contributed by atoms with van der Waals surface area (Å²) in [6.07, 6.45) is 3.43. The second-order valence-corrected chi connectivity index (χ2v) is 6.14. The van der Waals surface area contributed by atoms with Crippen molar-refractivity contribution in [1.29, 1.82) is 0 Å². The Morgan fingerprint density at radius 3 is 2.56 bits per heavy atom. The molecule has 3 aromatic rings. The highest BCUT2D eigenvalue weighted by Crippen LogP contribution is 2.18. The molecule has 1 amide bonds. The number of halogens is 1. The molecule has 0 aliphatic heterocycles. The van der Waals surface area contributed by atoms with Gasteiger partial charge in [0.2, 0.25) is 0 Å². The minimum atomic E-state index is -0.190. The molecule has 0 unspecified atom stereocenters. The first kappa shape index (κ1) is 17.2. The summed E-state index contributed by atoms with van der Waals surface area (Å²) in [6.45, 7) is 2.41. The Labute approximate surface area is 154 Å². The van der Waals surface area contributed by atoms with Gasteiger partial charge < -0.3 is 4.74 Å². The maximum Gasteiger partial charge on any atom is 0.279 e. The van der Waals surface area contributed by atoms with Gasteiger partial charge >= 0.3 is 0 Å². The summed E-state index contributed by atoms with van der Waals surface area (Å²) >= 11 is 3.35. The number of anilines is 1. The van der Waals surface area contributed by atoms with Gasteiger partial charge in [0, 0.05) is 23.4 Å². The van der Waals surface area contributed by atoms with Crippen LogP contribution in [0.5, 0.6) is 5.75 Å². The largest absolute Gasteiger partial charge is 0.497 e. The smallest absolute Gasteiger partial charge is 0.279 e. The van der Waals surface area contributed by atoms with Gasteiger partial charge in [-0.2, -0.15) is 5.10 Å². The van der Waals surface area contributed by atoms with Crippen molar-refractivity contribution in [3.63, 3.8) is 0 Å². The normalized spacial score (nSPS) is 10.5. The van der Waals surface area contributed by atoms with Crippen LogP contribution in [0.1, 0.15) is 17.4 Å². The number of rotatable bonds is 5. The van der Waals surface area contributed by atoms with E-state index in [4.69, 9.17) is 4.74 Å². The fourth-order valence-electron chi connectivity index (χ4n) is 2.39. The molecule has 1 aromatic carbocycles. The fraction of sp³-hybridized carbons (Fsp3) is 0.167. The van der Waals surface area contributed by atoms with E-state index in [9.17, 15) is 4.79 Å². The van der Waals surface area contributed by atoms with E-state index in [0.29, 0.717) is 18.1 Å². The maximum absolute atomic E-state index is 12.8. The number of hydrogen-bond donors (Lipinski definition) is 0. The molecular weight excluding hydrogens is 384 g/mol. The lowest BCUT2D eigenvalue weighted by atomic mass is 10.3. The van der Waals surface area contributed by atoms with Gasteiger partial charge in [0.1, 0.15) is 11.6 Å². The maximum atomic E-state index is 12.8. The SMILES string of the molecule is CCN(C(=O)c1ccn(-c2ccc(OC)cc2)n1)c1ccc(Br)cn1. The van der Waals surface area contributed by atoms with Gasteiger partial charge in [-0.25, -0.2) is 9.67 Å². The van der Waals surface area contributed by atoms with Crippen molar-refractivity contribution in [1.82, 2.24) is 14.8 Å². The second kappa shape index (κ2) is 7.48. The van der Waals surface area contributed by atoms with Crippen LogP contribution in [0, 0.1) is 0 Å². The molecule has 0 fully saturated rings. The average molecular weight is 401 g/mol. The van der Waals surface area contributed by atoms with E-state index in [1.165, 1.54) is 0 Å². The van der Waals surface area contributed by atoms with E-state index < -0.39 is 0 Å². The van der Waals surface area contributed by atoms with E-state index in [1.807, 2.05) is 37.3 Å². The van der Waals surface area contributed by atoms with Crippen molar-refractivity contribution < 1.29 is 9.53 Å². The number of aromatic nitrogens is 3. The van der Waals surface area contributed by atoms with Crippen LogP contribution in [-0.4, -0.2) is 34.3 Å². The lowest BCUT2D eigenvalue weighted by molar-refractivity contribution is 0.0982. The monoisotopic (exact) mass is 400 g/mol. The standard InChI is InChI=1S/C18H17BrN4O2/c1-3-22(17-9-4-13(19)12-20-17)18(24)16-10-11-23(21-16)14-5-7-15(25-2)8-6-14/h4-12H,3H2,1-2H3. The van der Waals surface area contributed by atoms with Crippen LogP contribution in [0.15, 0.2) is 59.3 Å². The van der Waals surface area contributed by atoms with Crippen molar-refractivity contribution in [2.75, 3.05) is 18.6 Å². The Morgan fingerprint density at radius 1 is 1.20 bits per heavy atom. The number of carbonyl (C=O) groups excluding carboxylic acids is 1. The number of ether oxygens (including phenoxy) is 1. The zero-order valence-electron chi connectivity index (χ0n) is 13.9. The zero-order chi connectivity index (χ0) is 17.8. The van der Waals surface area contributed by atoms with Crippen LogP contribution in [0.2, 0.25) is 0 Å². The van der Waals surface area contributed by atoms with E-state index in [0.717, 1.165) is 15.9 Å². The second-order valence-electron chi connectivity index (χ2n) is 5.23. The van der Waals surface area contributed by atoms with E-state index >= 15 is 0 Å². The Bertz CT molecular complexity index is 860. The molecule has 6 nitrogen and oxygen atoms in total. The Morgan fingerprint density at radius 2 is 1.96 bits per heavy atom. The van der Waals surface area contributed by atoms with Crippen LogP contribution in [-0.2, 0) is 0 Å². The Hall–Kier alpha value is -2.67. The van der Waals surface area contributed by atoms with Gasteiger partial charge in [-0.1, -0.05) is 0 Å². The van der Waals surface area contributed by atoms with Crippen molar-refractivity contribution >= 4 is 27.7 Å². The highest BCUT2D eigenvalue weighted by atomic mass is 79.9. The van der Waals surface area contributed by atoms with Crippen molar-refractivity contribution in [3.8, 4) is 11.4 Å². The molecule has 0 radical (unpaired) electrons. The minimum Gasteiger partial charge on any atom is -0.497 e. The summed E-state index contributed by atoms with van der Waals surface area (Å²) in [7, 11) is 1.62. The molecule has 0 atom stereocenters. The van der Waals surface area contributed by atoms with Gasteiger partial charge in [0.05, 0.1) is 12.8 Å². The highest BCUT2D eigenvalue weighted by Gasteiger charge is 2.19. The molecule has 0 aliphatic rings. The predicted octanol–water partition coefficient (Wildman–Crippen LogP) is 3.71. The average Bonchev–Trinajstić information content (AvgIpc) is 3.14. The summed E-state index contributed by atoms with van der Waals surface area (Å²) in [6, 6.07) is 12.8. The first-order chi connectivity index (χ1) is 12.1. The van der Waals surface area contributed by atoms with Gasteiger partial charge in [0.15, 0.2) is 5.69 Å². The third-order valence-electron chi connectivity index (χ3n) is 3.69. The van der Waals surface area contributed by atoms with E-state index in [1.54, 1.807) is 41.2 Å². The topological polar surface area (TPSA) is 60.2 Å². The predicted molar refractivity (Wildman–Crippen MR) is 99.4 cm³/mol. The highest BCUT2D eigenvalue weighted by molar-refractivity contribution is 9.10. The number of carbonyl (C=O) groups is 1. The molecule has 3 rings (SSSR count). The molecule has 0 N–H and O–H groups in total. The number of hydrogen-bond acceptors (Lipinski definition) is 4. The molecule has 2 heterocycles. The minimum absolute atomic E-state index is 0.190. The van der Waals surface area contributed by atoms with Gasteiger partial charge in [-0.05, 0) is 65.3 Å². The summed E-state index contributed by atoms with van der Waals surface area (Å²) in [4.78, 5) is 18.7. The third kappa shape index (κ3) is 3.71. The lowest BCUT2D eigenvalue weighted by Crippen LogP contribution is -2.31. The number of nitrogens with zero attached hydrogens (tertiary/aromatic N) is 4. The van der Waals surface area contributed by atoms with Crippen LogP contribution in [0.25, 0.3) is 5.69 Å². The Kier molecular flexibility index (Phi) is 5.14. The van der Waals surface area contributed by atoms with Gasteiger partial charge in [-0.3, -0.25) is 9.69 Å². The van der Waals surface area contributed by atoms with Crippen LogP contribution in [0.3, 0.4) is 0 Å². The quantitative estimate of drug-likeness (QED) is 0.654. The first-order valence-electron chi connectivity index (χ1n) is 7.76. The molecule has 0 spiro atoms. The Balaban J connectivity index is 1.84. The van der Waals surface area contributed by atoms with Crippen LogP contribution in [0.4, 0.5) is 5.82 Å². The molecule has 7 heteroatoms. The first-order valence-corrected chi connectivity index (χ1v) is 8.55. The van der Waals surface area contributed by atoms with Crippen molar-refractivity contribution in [3.05, 3.63) is 65.0 Å². The molecule has 25 heavy (non-hydrogen) atoms. The van der Waals surface area contributed by atoms with E-state index in [-0.39, 0.29) is 5.91 Å². The van der Waals surface area contributed by atoms with Crippen molar-refractivity contribution in [2.24, 2.45) is 0 Å². The summed E-state index contributed by atoms with van der Waals surface area (Å²) in [5.41, 5.74) is 1.21. The molecule has 128 valence electrons. The third-order valence-corrected chi connectivity index (χ3v) is 4.16. The molecule has 0 saturated carbocycles. The van der Waals surface area contributed by atoms with Gasteiger partial charge in [0.25, 0.3) is 5.91 Å². The number of amides is 1.